The Morgan fingerprint density at radius 3 is 2.31 bits per heavy atom. The van der Waals surface area contributed by atoms with E-state index in [-0.39, 0.29) is 27.9 Å². The van der Waals surface area contributed by atoms with Crippen LogP contribution in [-0.4, -0.2) is 41.9 Å². The number of carbonyl (C=O) groups excluding carboxylic acids is 1. The molecule has 7 nitrogen and oxygen atoms in total. The average Bonchev–Trinajstić information content (AvgIpc) is 2.67. The van der Waals surface area contributed by atoms with Gasteiger partial charge in [-0.15, -0.1) is 0 Å². The Morgan fingerprint density at radius 2 is 1.79 bits per heavy atom. The molecule has 3 rings (SSSR count). The van der Waals surface area contributed by atoms with Crippen molar-refractivity contribution in [2.45, 2.75) is 13.1 Å². The average molecular weight is 429 g/mol. The van der Waals surface area contributed by atoms with Crippen LogP contribution in [-0.2, 0) is 6.18 Å². The molecule has 0 aliphatic carbocycles. The predicted molar refractivity (Wildman–Crippen MR) is 102 cm³/mol. The number of carbonyl (C=O) groups is 1. The molecule has 154 valence electrons. The summed E-state index contributed by atoms with van der Waals surface area (Å²) in [5.41, 5.74) is -0.464. The number of halogens is 4. The zero-order valence-corrected chi connectivity index (χ0v) is 16.0. The van der Waals surface area contributed by atoms with Crippen LogP contribution in [0, 0.1) is 10.1 Å². The van der Waals surface area contributed by atoms with Crippen LogP contribution in [0.3, 0.4) is 0 Å². The second-order valence-electron chi connectivity index (χ2n) is 6.52. The number of aromatic nitrogens is 1. The summed E-state index contributed by atoms with van der Waals surface area (Å²) in [5.74, 6) is -0.0340. The van der Waals surface area contributed by atoms with Crippen LogP contribution in [0.2, 0.25) is 5.02 Å². The van der Waals surface area contributed by atoms with Crippen LogP contribution >= 0.6 is 11.6 Å². The van der Waals surface area contributed by atoms with Gasteiger partial charge in [-0.1, -0.05) is 11.6 Å². The van der Waals surface area contributed by atoms with E-state index in [1.807, 2.05) is 0 Å². The van der Waals surface area contributed by atoms with Crippen molar-refractivity contribution in [1.29, 1.82) is 0 Å². The maximum Gasteiger partial charge on any atom is 0.417 e. The van der Waals surface area contributed by atoms with Crippen LogP contribution in [0.5, 0.6) is 0 Å². The Kier molecular flexibility index (Phi) is 5.65. The van der Waals surface area contributed by atoms with Gasteiger partial charge in [-0.05, 0) is 25.1 Å². The molecule has 0 saturated carbocycles. The fourth-order valence-electron chi connectivity index (χ4n) is 3.13. The lowest BCUT2D eigenvalue weighted by atomic mass is 10.1. The van der Waals surface area contributed by atoms with Crippen molar-refractivity contribution in [3.63, 3.8) is 0 Å². The highest BCUT2D eigenvalue weighted by Gasteiger charge is 2.32. The number of benzene rings is 1. The molecule has 0 amide bonds. The van der Waals surface area contributed by atoms with Gasteiger partial charge < -0.3 is 9.80 Å². The number of anilines is 2. The van der Waals surface area contributed by atoms with Crippen molar-refractivity contribution in [1.82, 2.24) is 4.98 Å². The van der Waals surface area contributed by atoms with E-state index in [1.54, 1.807) is 9.80 Å². The number of Topliss-reactive ketones (excluding diaryl/α,β-unsaturated/α-hetero) is 1. The number of nitrogens with zero attached hydrogens (tertiary/aromatic N) is 4. The number of pyridine rings is 1. The Labute approximate surface area is 168 Å². The van der Waals surface area contributed by atoms with Crippen molar-refractivity contribution >= 4 is 34.6 Å². The first kappa shape index (κ1) is 20.8. The standard InChI is InChI=1S/C18H16ClF3N4O3/c1-11(27)12-2-3-15(16(8-12)26(28)29)24-4-6-25(7-5-24)17-14(19)9-13(10-23-17)18(20,21)22/h2-3,8-10H,4-7H2,1H3. The first-order valence-corrected chi connectivity index (χ1v) is 8.97. The lowest BCUT2D eigenvalue weighted by Gasteiger charge is -2.36. The number of ketones is 1. The van der Waals surface area contributed by atoms with Crippen molar-refractivity contribution in [3.05, 3.63) is 56.7 Å². The molecule has 1 aliphatic rings. The van der Waals surface area contributed by atoms with Gasteiger partial charge in [-0.2, -0.15) is 13.2 Å². The number of rotatable bonds is 4. The summed E-state index contributed by atoms with van der Waals surface area (Å²) in [5, 5.41) is 11.3. The maximum atomic E-state index is 12.8. The van der Waals surface area contributed by atoms with Crippen LogP contribution in [0.1, 0.15) is 22.8 Å². The maximum absolute atomic E-state index is 12.8. The minimum atomic E-state index is -4.53. The summed E-state index contributed by atoms with van der Waals surface area (Å²) in [7, 11) is 0. The third-order valence-electron chi connectivity index (χ3n) is 4.65. The molecule has 0 radical (unpaired) electrons. The molecule has 1 aromatic heterocycles. The van der Waals surface area contributed by atoms with E-state index in [0.29, 0.717) is 31.9 Å². The Balaban J connectivity index is 1.78. The molecule has 0 atom stereocenters. The third kappa shape index (κ3) is 4.42. The smallest absolute Gasteiger partial charge is 0.362 e. The number of nitro groups is 1. The molecule has 0 bridgehead atoms. The summed E-state index contributed by atoms with van der Waals surface area (Å²) < 4.78 is 38.3. The van der Waals surface area contributed by atoms with Crippen molar-refractivity contribution in [3.8, 4) is 0 Å². The van der Waals surface area contributed by atoms with Crippen molar-refractivity contribution < 1.29 is 22.9 Å². The van der Waals surface area contributed by atoms with E-state index in [9.17, 15) is 28.1 Å². The minimum absolute atomic E-state index is 0.106. The van der Waals surface area contributed by atoms with Gasteiger partial charge >= 0.3 is 6.18 Å². The Morgan fingerprint density at radius 1 is 1.17 bits per heavy atom. The number of piperazine rings is 1. The van der Waals surface area contributed by atoms with Gasteiger partial charge in [0, 0.05) is 44.0 Å². The highest BCUT2D eigenvalue weighted by atomic mass is 35.5. The lowest BCUT2D eigenvalue weighted by Crippen LogP contribution is -2.47. The zero-order chi connectivity index (χ0) is 21.3. The van der Waals surface area contributed by atoms with Crippen molar-refractivity contribution in [2.75, 3.05) is 36.0 Å². The topological polar surface area (TPSA) is 79.6 Å². The first-order chi connectivity index (χ1) is 13.6. The molecule has 1 fully saturated rings. The molecule has 1 aliphatic heterocycles. The molecule has 0 unspecified atom stereocenters. The molecule has 0 spiro atoms. The van der Waals surface area contributed by atoms with Gasteiger partial charge in [0.15, 0.2) is 5.78 Å². The number of nitro benzene ring substituents is 1. The fourth-order valence-corrected chi connectivity index (χ4v) is 3.42. The summed E-state index contributed by atoms with van der Waals surface area (Å²) in [6, 6.07) is 5.15. The Bertz CT molecular complexity index is 960. The van der Waals surface area contributed by atoms with Gasteiger partial charge in [0.25, 0.3) is 5.69 Å². The SMILES string of the molecule is CC(=O)c1ccc(N2CCN(c3ncc(C(F)(F)F)cc3Cl)CC2)c([N+](=O)[O-])c1. The number of alkyl halides is 3. The van der Waals surface area contributed by atoms with E-state index in [4.69, 9.17) is 11.6 Å². The lowest BCUT2D eigenvalue weighted by molar-refractivity contribution is -0.384. The molecule has 2 heterocycles. The van der Waals surface area contributed by atoms with Gasteiger partial charge in [0.2, 0.25) is 0 Å². The Hall–Kier alpha value is -2.88. The molecule has 2 aromatic rings. The predicted octanol–water partition coefficient (Wildman–Crippen LogP) is 4.19. The van der Waals surface area contributed by atoms with Gasteiger partial charge in [0.05, 0.1) is 15.5 Å². The van der Waals surface area contributed by atoms with Crippen molar-refractivity contribution in [2.24, 2.45) is 0 Å². The molecule has 1 saturated heterocycles. The summed E-state index contributed by atoms with van der Waals surface area (Å²) in [6.45, 7) is 2.81. The summed E-state index contributed by atoms with van der Waals surface area (Å²) in [6.07, 6.45) is -3.79. The largest absolute Gasteiger partial charge is 0.417 e. The summed E-state index contributed by atoms with van der Waals surface area (Å²) in [4.78, 5) is 29.7. The molecular formula is C18H16ClF3N4O3. The quantitative estimate of drug-likeness (QED) is 0.412. The molecule has 0 N–H and O–H groups in total. The normalized spacial score (nSPS) is 14.8. The van der Waals surface area contributed by atoms with Crippen LogP contribution in [0.15, 0.2) is 30.5 Å². The third-order valence-corrected chi connectivity index (χ3v) is 4.93. The van der Waals surface area contributed by atoms with Crippen LogP contribution < -0.4 is 9.80 Å². The minimum Gasteiger partial charge on any atom is -0.362 e. The highest BCUT2D eigenvalue weighted by molar-refractivity contribution is 6.33. The van der Waals surface area contributed by atoms with E-state index in [1.165, 1.54) is 25.1 Å². The molecule has 11 heteroatoms. The zero-order valence-electron chi connectivity index (χ0n) is 15.2. The van der Waals surface area contributed by atoms with Crippen LogP contribution in [0.4, 0.5) is 30.4 Å². The monoisotopic (exact) mass is 428 g/mol. The fraction of sp³-hybridized carbons (Fsp3) is 0.333. The van der Waals surface area contributed by atoms with Gasteiger partial charge in [0.1, 0.15) is 11.5 Å². The van der Waals surface area contributed by atoms with E-state index >= 15 is 0 Å². The van der Waals surface area contributed by atoms with E-state index in [2.05, 4.69) is 4.98 Å². The molecule has 1 aromatic carbocycles. The number of hydrogen-bond donors (Lipinski definition) is 0. The number of hydrogen-bond acceptors (Lipinski definition) is 6. The van der Waals surface area contributed by atoms with Gasteiger partial charge in [-0.3, -0.25) is 14.9 Å². The van der Waals surface area contributed by atoms with E-state index < -0.39 is 16.7 Å². The first-order valence-electron chi connectivity index (χ1n) is 8.60. The summed E-state index contributed by atoms with van der Waals surface area (Å²) >= 11 is 6.00. The molecule has 29 heavy (non-hydrogen) atoms. The second kappa shape index (κ2) is 7.86. The van der Waals surface area contributed by atoms with Crippen LogP contribution in [0.25, 0.3) is 0 Å². The highest BCUT2D eigenvalue weighted by Crippen LogP contribution is 2.35. The van der Waals surface area contributed by atoms with Gasteiger partial charge in [-0.25, -0.2) is 4.98 Å². The molecular weight excluding hydrogens is 413 g/mol. The second-order valence-corrected chi connectivity index (χ2v) is 6.93. The van der Waals surface area contributed by atoms with E-state index in [0.717, 1.165) is 12.3 Å².